The van der Waals surface area contributed by atoms with E-state index in [1.807, 2.05) is 67.6 Å². The highest BCUT2D eigenvalue weighted by molar-refractivity contribution is 7.89. The minimum Gasteiger partial charge on any atom is -0.496 e. The largest absolute Gasteiger partial charge is 0.496 e. The Morgan fingerprint density at radius 2 is 1.38 bits per heavy atom. The van der Waals surface area contributed by atoms with Gasteiger partial charge in [-0.1, -0.05) is 60.7 Å². The minimum absolute atomic E-state index is 0.215. The summed E-state index contributed by atoms with van der Waals surface area (Å²) >= 11 is 0. The molecule has 0 saturated carbocycles. The Balaban J connectivity index is 2.00. The molecule has 0 bridgehead atoms. The highest BCUT2D eigenvalue weighted by atomic mass is 32.2. The Bertz CT molecular complexity index is 931. The predicted octanol–water partition coefficient (Wildman–Crippen LogP) is 4.07. The summed E-state index contributed by atoms with van der Waals surface area (Å²) in [5.41, 5.74) is 2.53. The van der Waals surface area contributed by atoms with E-state index in [1.165, 1.54) is 0 Å². The van der Waals surface area contributed by atoms with Crippen LogP contribution in [0.15, 0.2) is 83.8 Å². The fraction of sp³-hybridized carbons (Fsp3) is 0.143. The van der Waals surface area contributed by atoms with Gasteiger partial charge in [0.2, 0.25) is 10.0 Å². The predicted molar refractivity (Wildman–Crippen MR) is 103 cm³/mol. The zero-order chi connectivity index (χ0) is 18.6. The number of hydrogen-bond acceptors (Lipinski definition) is 3. The van der Waals surface area contributed by atoms with Crippen molar-refractivity contribution < 1.29 is 13.2 Å². The van der Waals surface area contributed by atoms with Crippen LogP contribution in [-0.4, -0.2) is 15.5 Å². The second kappa shape index (κ2) is 7.72. The van der Waals surface area contributed by atoms with Gasteiger partial charge >= 0.3 is 0 Å². The summed E-state index contributed by atoms with van der Waals surface area (Å²) in [5, 5.41) is 0. The first kappa shape index (κ1) is 18.2. The lowest BCUT2D eigenvalue weighted by atomic mass is 10.00. The van der Waals surface area contributed by atoms with Gasteiger partial charge in [-0.2, -0.15) is 4.72 Å². The molecule has 0 aliphatic rings. The van der Waals surface area contributed by atoms with E-state index in [1.54, 1.807) is 25.3 Å². The molecule has 0 saturated heterocycles. The van der Waals surface area contributed by atoms with Gasteiger partial charge in [0.25, 0.3) is 0 Å². The van der Waals surface area contributed by atoms with Crippen LogP contribution in [0.2, 0.25) is 0 Å². The molecule has 3 aromatic rings. The van der Waals surface area contributed by atoms with Gasteiger partial charge in [-0.3, -0.25) is 0 Å². The highest BCUT2D eigenvalue weighted by Gasteiger charge is 2.23. The summed E-state index contributed by atoms with van der Waals surface area (Å²) in [7, 11) is -2.14. The molecular weight excluding hydrogens is 346 g/mol. The molecule has 134 valence electrons. The van der Waals surface area contributed by atoms with E-state index in [9.17, 15) is 8.42 Å². The molecule has 0 amide bonds. The second-order valence-corrected chi connectivity index (χ2v) is 7.72. The Morgan fingerprint density at radius 1 is 0.846 bits per heavy atom. The van der Waals surface area contributed by atoms with Crippen LogP contribution in [0.4, 0.5) is 0 Å². The van der Waals surface area contributed by atoms with Crippen LogP contribution < -0.4 is 9.46 Å². The molecule has 0 aromatic heterocycles. The molecule has 26 heavy (non-hydrogen) atoms. The number of sulfonamides is 1. The molecule has 3 aromatic carbocycles. The molecule has 0 unspecified atom stereocenters. The van der Waals surface area contributed by atoms with Crippen LogP contribution in [0.25, 0.3) is 0 Å². The van der Waals surface area contributed by atoms with Crippen molar-refractivity contribution in [2.24, 2.45) is 0 Å². The maximum atomic E-state index is 13.0. The van der Waals surface area contributed by atoms with Crippen molar-refractivity contribution >= 4 is 10.0 Å². The average molecular weight is 367 g/mol. The first-order chi connectivity index (χ1) is 12.5. The summed E-state index contributed by atoms with van der Waals surface area (Å²) < 4.78 is 34.0. The molecule has 0 heterocycles. The maximum Gasteiger partial charge on any atom is 0.241 e. The van der Waals surface area contributed by atoms with Crippen molar-refractivity contribution in [2.75, 3.05) is 7.11 Å². The smallest absolute Gasteiger partial charge is 0.241 e. The van der Waals surface area contributed by atoms with E-state index in [0.29, 0.717) is 5.75 Å². The first-order valence-corrected chi connectivity index (χ1v) is 9.76. The molecule has 0 spiro atoms. The molecule has 5 heteroatoms. The van der Waals surface area contributed by atoms with Crippen LogP contribution in [0.3, 0.4) is 0 Å². The molecular formula is C21H21NO3S. The molecule has 3 rings (SSSR count). The first-order valence-electron chi connectivity index (χ1n) is 8.28. The topological polar surface area (TPSA) is 55.4 Å². The number of benzene rings is 3. The van der Waals surface area contributed by atoms with Gasteiger partial charge in [-0.25, -0.2) is 8.42 Å². The van der Waals surface area contributed by atoms with Gasteiger partial charge in [-0.15, -0.1) is 0 Å². The SMILES string of the molecule is COc1ccc(S(=O)(=O)NC(c2ccccc2)c2ccccc2)cc1C. The molecule has 4 nitrogen and oxygen atoms in total. The number of rotatable bonds is 6. The van der Waals surface area contributed by atoms with Crippen molar-refractivity contribution in [1.82, 2.24) is 4.72 Å². The maximum absolute atomic E-state index is 13.0. The normalized spacial score (nSPS) is 11.5. The van der Waals surface area contributed by atoms with E-state index < -0.39 is 16.1 Å². The Morgan fingerprint density at radius 3 is 1.85 bits per heavy atom. The second-order valence-electron chi connectivity index (χ2n) is 6.01. The van der Waals surface area contributed by atoms with Crippen LogP contribution in [0.1, 0.15) is 22.7 Å². The molecule has 1 N–H and O–H groups in total. The van der Waals surface area contributed by atoms with Crippen LogP contribution in [0.5, 0.6) is 5.75 Å². The average Bonchev–Trinajstić information content (AvgIpc) is 2.67. The van der Waals surface area contributed by atoms with E-state index in [-0.39, 0.29) is 4.90 Å². The van der Waals surface area contributed by atoms with Crippen LogP contribution in [-0.2, 0) is 10.0 Å². The Labute approximate surface area is 154 Å². The minimum atomic E-state index is -3.71. The van der Waals surface area contributed by atoms with E-state index in [4.69, 9.17) is 4.74 Å². The lowest BCUT2D eigenvalue weighted by Gasteiger charge is -2.20. The molecule has 0 aliphatic carbocycles. The van der Waals surface area contributed by atoms with Crippen molar-refractivity contribution in [2.45, 2.75) is 17.9 Å². The number of ether oxygens (including phenoxy) is 1. The molecule has 0 atom stereocenters. The summed E-state index contributed by atoms with van der Waals surface area (Å²) in [6, 6.07) is 23.5. The number of methoxy groups -OCH3 is 1. The van der Waals surface area contributed by atoms with Crippen molar-refractivity contribution in [3.05, 3.63) is 95.6 Å². The number of aryl methyl sites for hydroxylation is 1. The quantitative estimate of drug-likeness (QED) is 0.714. The third-order valence-corrected chi connectivity index (χ3v) is 5.64. The highest BCUT2D eigenvalue weighted by Crippen LogP contribution is 2.26. The fourth-order valence-electron chi connectivity index (χ4n) is 2.86. The van der Waals surface area contributed by atoms with Crippen LogP contribution in [0, 0.1) is 6.92 Å². The van der Waals surface area contributed by atoms with E-state index in [0.717, 1.165) is 16.7 Å². The molecule has 0 aliphatic heterocycles. The number of hydrogen-bond donors (Lipinski definition) is 1. The van der Waals surface area contributed by atoms with Gasteiger partial charge in [0.1, 0.15) is 5.75 Å². The van der Waals surface area contributed by atoms with Crippen molar-refractivity contribution in [1.29, 1.82) is 0 Å². The van der Waals surface area contributed by atoms with E-state index in [2.05, 4.69) is 4.72 Å². The summed E-state index contributed by atoms with van der Waals surface area (Å²) in [5.74, 6) is 0.659. The van der Waals surface area contributed by atoms with Gasteiger partial charge in [0.05, 0.1) is 18.0 Å². The van der Waals surface area contributed by atoms with Gasteiger partial charge in [0.15, 0.2) is 0 Å². The van der Waals surface area contributed by atoms with E-state index >= 15 is 0 Å². The zero-order valence-electron chi connectivity index (χ0n) is 14.7. The standard InChI is InChI=1S/C21H21NO3S/c1-16-15-19(13-14-20(16)25-2)26(23,24)22-21(17-9-5-3-6-10-17)18-11-7-4-8-12-18/h3-15,21-22H,1-2H3. The van der Waals surface area contributed by atoms with Gasteiger partial charge in [-0.05, 0) is 41.8 Å². The van der Waals surface area contributed by atoms with Crippen molar-refractivity contribution in [3.8, 4) is 5.75 Å². The lowest BCUT2D eigenvalue weighted by molar-refractivity contribution is 0.411. The third-order valence-electron chi connectivity index (χ3n) is 4.22. The monoisotopic (exact) mass is 367 g/mol. The Hall–Kier alpha value is -2.63. The third kappa shape index (κ3) is 3.95. The fourth-order valence-corrected chi connectivity index (χ4v) is 4.16. The molecule has 0 radical (unpaired) electrons. The summed E-state index contributed by atoms with van der Waals surface area (Å²) in [6.07, 6.45) is 0. The summed E-state index contributed by atoms with van der Waals surface area (Å²) in [4.78, 5) is 0.215. The van der Waals surface area contributed by atoms with Gasteiger partial charge in [0, 0.05) is 0 Å². The number of nitrogens with one attached hydrogen (secondary N) is 1. The summed E-state index contributed by atoms with van der Waals surface area (Å²) in [6.45, 7) is 1.82. The Kier molecular flexibility index (Phi) is 5.40. The molecule has 0 fully saturated rings. The van der Waals surface area contributed by atoms with Gasteiger partial charge < -0.3 is 4.74 Å². The zero-order valence-corrected chi connectivity index (χ0v) is 15.5. The van der Waals surface area contributed by atoms with Crippen LogP contribution >= 0.6 is 0 Å². The lowest BCUT2D eigenvalue weighted by Crippen LogP contribution is -2.29. The van der Waals surface area contributed by atoms with Crippen molar-refractivity contribution in [3.63, 3.8) is 0 Å².